The number of nitrogens with zero attached hydrogens (tertiary/aromatic N) is 1. The molecule has 0 radical (unpaired) electrons. The average molecular weight is 652 g/mol. The lowest BCUT2D eigenvalue weighted by Crippen LogP contribution is -2.43. The molecule has 0 spiro atoms. The highest BCUT2D eigenvalue weighted by Gasteiger charge is 2.55. The van der Waals surface area contributed by atoms with Crippen LogP contribution in [0.25, 0.3) is 11.1 Å². The van der Waals surface area contributed by atoms with Crippen molar-refractivity contribution in [2.24, 2.45) is 0 Å². The minimum absolute atomic E-state index is 0.106. The number of H-pyrrole nitrogens is 1. The molecule has 1 fully saturated rings. The number of alkyl halides is 1. The molecule has 1 saturated heterocycles. The second-order valence-electron chi connectivity index (χ2n) is 11.2. The number of halogens is 2. The molecule has 2 aromatic carbocycles. The molecule has 12 nitrogen and oxygen atoms in total. The minimum Gasteiger partial charge on any atom is -0.462 e. The van der Waals surface area contributed by atoms with E-state index in [9.17, 15) is 28.4 Å². The summed E-state index contributed by atoms with van der Waals surface area (Å²) in [5, 5.41) is 13.5. The van der Waals surface area contributed by atoms with E-state index >= 15 is 4.39 Å². The van der Waals surface area contributed by atoms with Crippen molar-refractivity contribution in [3.05, 3.63) is 86.9 Å². The SMILES string of the molecule is Cc1ccc(-c2ccc(OP(=O)(CN[C@@H](C)C(=O)OC(C)C)OC[C@H]3O[C@@H](n4ccc(=O)[nH]c4=O)[C@](C)(F)[C@@H]3O)cc2)cc1F. The van der Waals surface area contributed by atoms with Gasteiger partial charge in [-0.05, 0) is 69.5 Å². The number of ether oxygens (including phenoxy) is 2. The zero-order valence-corrected chi connectivity index (χ0v) is 26.3. The molecule has 244 valence electrons. The Kier molecular flexibility index (Phi) is 10.5. The van der Waals surface area contributed by atoms with Crippen molar-refractivity contribution in [1.82, 2.24) is 14.9 Å². The van der Waals surface area contributed by atoms with Gasteiger partial charge in [0.15, 0.2) is 11.9 Å². The third-order valence-corrected chi connectivity index (χ3v) is 8.76. The number of hydrogen-bond acceptors (Lipinski definition) is 10. The van der Waals surface area contributed by atoms with Gasteiger partial charge in [0.2, 0.25) is 0 Å². The van der Waals surface area contributed by atoms with Gasteiger partial charge in [0.1, 0.15) is 36.1 Å². The molecule has 0 aliphatic carbocycles. The first kappa shape index (κ1) is 34.2. The molecule has 0 amide bonds. The van der Waals surface area contributed by atoms with Crippen LogP contribution >= 0.6 is 7.60 Å². The highest BCUT2D eigenvalue weighted by molar-refractivity contribution is 7.54. The fourth-order valence-electron chi connectivity index (χ4n) is 4.56. The van der Waals surface area contributed by atoms with Crippen molar-refractivity contribution < 1.29 is 41.8 Å². The van der Waals surface area contributed by atoms with Gasteiger partial charge in [-0.2, -0.15) is 0 Å². The second kappa shape index (κ2) is 13.8. The quantitative estimate of drug-likeness (QED) is 0.194. The Bertz CT molecular complexity index is 1680. The van der Waals surface area contributed by atoms with E-state index in [0.29, 0.717) is 16.7 Å². The Morgan fingerprint density at radius 1 is 1.16 bits per heavy atom. The number of aromatic nitrogens is 2. The van der Waals surface area contributed by atoms with Crippen LogP contribution < -0.4 is 21.1 Å². The van der Waals surface area contributed by atoms with Gasteiger partial charge in [0, 0.05) is 12.3 Å². The van der Waals surface area contributed by atoms with Crippen LogP contribution in [0.2, 0.25) is 0 Å². The summed E-state index contributed by atoms with van der Waals surface area (Å²) in [5.74, 6) is -0.867. The molecule has 3 aromatic rings. The second-order valence-corrected chi connectivity index (χ2v) is 13.2. The number of hydrogen-bond donors (Lipinski definition) is 3. The molecule has 2 heterocycles. The molecular formula is C30H36F2N3O9P. The Labute approximate surface area is 257 Å². The van der Waals surface area contributed by atoms with Crippen LogP contribution in [0.3, 0.4) is 0 Å². The van der Waals surface area contributed by atoms with Gasteiger partial charge in [0.05, 0.1) is 12.7 Å². The van der Waals surface area contributed by atoms with E-state index in [1.165, 1.54) is 25.1 Å². The van der Waals surface area contributed by atoms with Crippen molar-refractivity contribution in [2.75, 3.05) is 12.9 Å². The fourth-order valence-corrected chi connectivity index (χ4v) is 6.08. The van der Waals surface area contributed by atoms with Gasteiger partial charge in [-0.15, -0.1) is 0 Å². The minimum atomic E-state index is -4.21. The molecule has 1 unspecified atom stereocenters. The summed E-state index contributed by atoms with van der Waals surface area (Å²) in [4.78, 5) is 38.1. The van der Waals surface area contributed by atoms with Crippen molar-refractivity contribution in [3.63, 3.8) is 0 Å². The van der Waals surface area contributed by atoms with Crippen LogP contribution in [0.1, 0.15) is 39.5 Å². The maximum atomic E-state index is 15.7. The van der Waals surface area contributed by atoms with Crippen LogP contribution in [-0.2, 0) is 23.4 Å². The van der Waals surface area contributed by atoms with E-state index in [-0.39, 0.29) is 17.7 Å². The summed E-state index contributed by atoms with van der Waals surface area (Å²) in [5.41, 5.74) is -2.40. The molecule has 0 saturated carbocycles. The van der Waals surface area contributed by atoms with Crippen LogP contribution in [0, 0.1) is 12.7 Å². The van der Waals surface area contributed by atoms with E-state index in [1.54, 1.807) is 45.0 Å². The lowest BCUT2D eigenvalue weighted by atomic mass is 9.98. The zero-order chi connectivity index (χ0) is 33.1. The number of rotatable bonds is 12. The van der Waals surface area contributed by atoms with Crippen LogP contribution in [-0.4, -0.2) is 63.5 Å². The number of carbonyl (C=O) groups is 1. The van der Waals surface area contributed by atoms with E-state index in [2.05, 4.69) is 5.32 Å². The predicted molar refractivity (Wildman–Crippen MR) is 160 cm³/mol. The summed E-state index contributed by atoms with van der Waals surface area (Å²) in [6.07, 6.45) is -4.75. The van der Waals surface area contributed by atoms with Gasteiger partial charge in [-0.25, -0.2) is 18.1 Å². The standard InChI is InChI=1S/C30H36F2N3O9P/c1-17(2)42-27(38)19(4)33-16-45(40,44-22-10-8-20(9-11-22)21-7-6-18(3)23(31)14-21)41-15-24-26(37)30(5,32)28(43-24)35-13-12-25(36)34-29(35)39/h6-14,17,19,24,26,28,33,37H,15-16H2,1-5H3,(H,34,36,39)/t19-,24+,26+,28+,30+,45?/m0/s1. The topological polar surface area (TPSA) is 158 Å². The van der Waals surface area contributed by atoms with Gasteiger partial charge in [-0.1, -0.05) is 24.3 Å². The third-order valence-electron chi connectivity index (χ3n) is 7.16. The first-order valence-corrected chi connectivity index (χ1v) is 15.9. The van der Waals surface area contributed by atoms with Gasteiger partial charge < -0.3 is 19.1 Å². The molecule has 1 aliphatic heterocycles. The molecule has 15 heteroatoms. The first-order chi connectivity index (χ1) is 21.1. The number of aromatic amines is 1. The summed E-state index contributed by atoms with van der Waals surface area (Å²) in [7, 11) is -4.21. The molecular weight excluding hydrogens is 615 g/mol. The zero-order valence-electron chi connectivity index (χ0n) is 25.4. The summed E-state index contributed by atoms with van der Waals surface area (Å²) < 4.78 is 66.7. The summed E-state index contributed by atoms with van der Waals surface area (Å²) >= 11 is 0. The van der Waals surface area contributed by atoms with E-state index in [1.807, 2.05) is 4.98 Å². The Morgan fingerprint density at radius 2 is 1.82 bits per heavy atom. The number of aliphatic hydroxyl groups is 1. The Hall–Kier alpha value is -3.68. The number of benzene rings is 2. The van der Waals surface area contributed by atoms with Crippen LogP contribution in [0.15, 0.2) is 64.3 Å². The monoisotopic (exact) mass is 651 g/mol. The number of nitrogens with one attached hydrogen (secondary N) is 2. The largest absolute Gasteiger partial charge is 0.462 e. The Morgan fingerprint density at radius 3 is 2.44 bits per heavy atom. The van der Waals surface area contributed by atoms with E-state index in [0.717, 1.165) is 23.8 Å². The highest BCUT2D eigenvalue weighted by atomic mass is 31.2. The average Bonchev–Trinajstić information content (AvgIpc) is 3.20. The fraction of sp³-hybridized carbons (Fsp3) is 0.433. The highest BCUT2D eigenvalue weighted by Crippen LogP contribution is 2.49. The lowest BCUT2D eigenvalue weighted by molar-refractivity contribution is -0.149. The molecule has 4 rings (SSSR count). The van der Waals surface area contributed by atoms with Crippen molar-refractivity contribution >= 4 is 13.6 Å². The molecule has 1 aromatic heterocycles. The number of esters is 1. The smallest absolute Gasteiger partial charge is 0.393 e. The number of carbonyl (C=O) groups excluding carboxylic acids is 1. The predicted octanol–water partition coefficient (Wildman–Crippen LogP) is 3.81. The third kappa shape index (κ3) is 8.13. The number of aryl methyl sites for hydroxylation is 1. The molecule has 3 N–H and O–H groups in total. The lowest BCUT2D eigenvalue weighted by Gasteiger charge is -2.25. The van der Waals surface area contributed by atoms with Crippen molar-refractivity contribution in [2.45, 2.75) is 70.9 Å². The van der Waals surface area contributed by atoms with Gasteiger partial charge >= 0.3 is 19.3 Å². The number of aliphatic hydroxyl groups excluding tert-OH is 1. The maximum Gasteiger partial charge on any atom is 0.393 e. The summed E-state index contributed by atoms with van der Waals surface area (Å²) in [6, 6.07) is 11.1. The molecule has 45 heavy (non-hydrogen) atoms. The molecule has 6 atom stereocenters. The van der Waals surface area contributed by atoms with E-state index < -0.39 is 67.9 Å². The first-order valence-electron chi connectivity index (χ1n) is 14.2. The van der Waals surface area contributed by atoms with Gasteiger partial charge in [-0.3, -0.25) is 29.0 Å². The van der Waals surface area contributed by atoms with E-state index in [4.69, 9.17) is 18.5 Å². The summed E-state index contributed by atoms with van der Waals surface area (Å²) in [6.45, 7) is 6.88. The molecule has 0 bridgehead atoms. The van der Waals surface area contributed by atoms with Gasteiger partial charge in [0.25, 0.3) is 5.56 Å². The molecule has 1 aliphatic rings. The van der Waals surface area contributed by atoms with Crippen LogP contribution in [0.4, 0.5) is 8.78 Å². The Balaban J connectivity index is 1.53. The van der Waals surface area contributed by atoms with Crippen molar-refractivity contribution in [1.29, 1.82) is 0 Å². The van der Waals surface area contributed by atoms with Crippen LogP contribution in [0.5, 0.6) is 5.75 Å². The normalized spacial score (nSPS) is 23.4. The maximum absolute atomic E-state index is 15.7. The van der Waals surface area contributed by atoms with Crippen molar-refractivity contribution in [3.8, 4) is 16.9 Å².